The van der Waals surface area contributed by atoms with Gasteiger partial charge in [-0.3, -0.25) is 4.79 Å². The molecule has 1 aromatic carbocycles. The van der Waals surface area contributed by atoms with E-state index in [1.807, 2.05) is 19.1 Å². The number of hydrogen-bond donors (Lipinski definition) is 1. The fourth-order valence-corrected chi connectivity index (χ4v) is 1.85. The molecule has 5 nitrogen and oxygen atoms in total. The molecule has 0 unspecified atom stereocenters. The van der Waals surface area contributed by atoms with E-state index in [4.69, 9.17) is 16.7 Å². The van der Waals surface area contributed by atoms with Crippen molar-refractivity contribution in [1.82, 2.24) is 15.0 Å². The van der Waals surface area contributed by atoms with Crippen LogP contribution in [0.15, 0.2) is 24.3 Å². The van der Waals surface area contributed by atoms with Crippen molar-refractivity contribution in [2.24, 2.45) is 0 Å². The fraction of sp³-hybridized carbons (Fsp3) is 0.250. The van der Waals surface area contributed by atoms with E-state index in [1.165, 1.54) is 0 Å². The van der Waals surface area contributed by atoms with Crippen LogP contribution < -0.4 is 0 Å². The van der Waals surface area contributed by atoms with Gasteiger partial charge < -0.3 is 5.11 Å². The molecule has 0 atom stereocenters. The summed E-state index contributed by atoms with van der Waals surface area (Å²) in [4.78, 5) is 10.5. The van der Waals surface area contributed by atoms with Gasteiger partial charge in [-0.1, -0.05) is 22.9 Å². The van der Waals surface area contributed by atoms with Gasteiger partial charge in [0.2, 0.25) is 0 Å². The van der Waals surface area contributed by atoms with Crippen molar-refractivity contribution < 1.29 is 9.90 Å². The van der Waals surface area contributed by atoms with Crippen LogP contribution in [0.3, 0.4) is 0 Å². The third-order valence-electron chi connectivity index (χ3n) is 2.62. The summed E-state index contributed by atoms with van der Waals surface area (Å²) >= 11 is 5.92. The molecule has 1 aromatic heterocycles. The van der Waals surface area contributed by atoms with Crippen molar-refractivity contribution in [3.63, 3.8) is 0 Å². The van der Waals surface area contributed by atoms with E-state index in [2.05, 4.69) is 10.3 Å². The van der Waals surface area contributed by atoms with Crippen LogP contribution in [-0.2, 0) is 11.2 Å². The van der Waals surface area contributed by atoms with Crippen LogP contribution in [0, 0.1) is 6.92 Å². The van der Waals surface area contributed by atoms with Crippen molar-refractivity contribution in [2.45, 2.75) is 19.8 Å². The van der Waals surface area contributed by atoms with Gasteiger partial charge in [0, 0.05) is 11.4 Å². The largest absolute Gasteiger partial charge is 0.481 e. The first-order chi connectivity index (χ1) is 8.58. The number of halogens is 1. The molecule has 2 aromatic rings. The smallest absolute Gasteiger partial charge is 0.303 e. The summed E-state index contributed by atoms with van der Waals surface area (Å²) in [6.45, 7) is 1.86. The molecular weight excluding hydrogens is 254 g/mol. The van der Waals surface area contributed by atoms with Crippen molar-refractivity contribution in [1.29, 1.82) is 0 Å². The molecule has 0 fully saturated rings. The fourth-order valence-electron chi connectivity index (χ4n) is 1.67. The van der Waals surface area contributed by atoms with Crippen molar-refractivity contribution in [3.05, 3.63) is 40.7 Å². The number of carbonyl (C=O) groups is 1. The second-order valence-electron chi connectivity index (χ2n) is 3.91. The predicted octanol–water partition coefficient (Wildman–Crippen LogP) is 2.25. The molecule has 0 radical (unpaired) electrons. The van der Waals surface area contributed by atoms with Gasteiger partial charge in [0.15, 0.2) is 0 Å². The Bertz CT molecular complexity index is 580. The number of benzene rings is 1. The molecule has 0 spiro atoms. The predicted molar refractivity (Wildman–Crippen MR) is 67.1 cm³/mol. The van der Waals surface area contributed by atoms with E-state index in [9.17, 15) is 4.79 Å². The average Bonchev–Trinajstić information content (AvgIpc) is 2.68. The lowest BCUT2D eigenvalue weighted by atomic mass is 10.2. The Morgan fingerprint density at radius 3 is 2.94 bits per heavy atom. The van der Waals surface area contributed by atoms with Crippen LogP contribution in [0.5, 0.6) is 0 Å². The van der Waals surface area contributed by atoms with Gasteiger partial charge in [0.05, 0.1) is 23.5 Å². The van der Waals surface area contributed by atoms with Crippen LogP contribution in [0.25, 0.3) is 5.69 Å². The highest BCUT2D eigenvalue weighted by atomic mass is 35.5. The van der Waals surface area contributed by atoms with E-state index in [0.29, 0.717) is 17.1 Å². The highest BCUT2D eigenvalue weighted by Crippen LogP contribution is 2.17. The monoisotopic (exact) mass is 265 g/mol. The maximum atomic E-state index is 10.5. The topological polar surface area (TPSA) is 68.0 Å². The van der Waals surface area contributed by atoms with E-state index in [0.717, 1.165) is 11.4 Å². The van der Waals surface area contributed by atoms with Crippen molar-refractivity contribution >= 4 is 17.6 Å². The van der Waals surface area contributed by atoms with Crippen LogP contribution in [0.2, 0.25) is 5.02 Å². The molecule has 0 amide bonds. The first-order valence-corrected chi connectivity index (χ1v) is 5.84. The summed E-state index contributed by atoms with van der Waals surface area (Å²) < 4.78 is 1.66. The first kappa shape index (κ1) is 12.6. The number of rotatable bonds is 4. The summed E-state index contributed by atoms with van der Waals surface area (Å²) in [7, 11) is 0. The molecule has 0 saturated carbocycles. The molecular formula is C12H12ClN3O2. The normalized spacial score (nSPS) is 10.6. The third kappa shape index (κ3) is 2.68. The molecule has 0 aliphatic heterocycles. The van der Waals surface area contributed by atoms with E-state index < -0.39 is 5.97 Å². The zero-order chi connectivity index (χ0) is 13.1. The highest BCUT2D eigenvalue weighted by Gasteiger charge is 2.11. The molecule has 0 saturated heterocycles. The van der Waals surface area contributed by atoms with E-state index in [1.54, 1.807) is 16.8 Å². The molecule has 1 N–H and O–H groups in total. The Morgan fingerprint density at radius 2 is 2.28 bits per heavy atom. The molecule has 0 aliphatic rings. The molecule has 18 heavy (non-hydrogen) atoms. The van der Waals surface area contributed by atoms with Crippen LogP contribution in [0.4, 0.5) is 0 Å². The number of carboxylic acid groups (broad SMARTS) is 1. The van der Waals surface area contributed by atoms with Gasteiger partial charge in [-0.05, 0) is 25.1 Å². The maximum Gasteiger partial charge on any atom is 0.303 e. The van der Waals surface area contributed by atoms with Gasteiger partial charge in [0.25, 0.3) is 0 Å². The molecule has 6 heteroatoms. The molecule has 2 rings (SSSR count). The Hall–Kier alpha value is -1.88. The number of hydrogen-bond acceptors (Lipinski definition) is 3. The second-order valence-corrected chi connectivity index (χ2v) is 4.34. The number of aliphatic carboxylic acids is 1. The van der Waals surface area contributed by atoms with Gasteiger partial charge in [-0.2, -0.15) is 0 Å². The maximum absolute atomic E-state index is 10.5. The molecule has 0 bridgehead atoms. The summed E-state index contributed by atoms with van der Waals surface area (Å²) in [5.74, 6) is -0.841. The lowest BCUT2D eigenvalue weighted by Gasteiger charge is -2.03. The van der Waals surface area contributed by atoms with Crippen LogP contribution in [-0.4, -0.2) is 26.1 Å². The Morgan fingerprint density at radius 1 is 1.50 bits per heavy atom. The van der Waals surface area contributed by atoms with Gasteiger partial charge in [-0.25, -0.2) is 4.68 Å². The van der Waals surface area contributed by atoms with Gasteiger partial charge in [-0.15, -0.1) is 5.10 Å². The summed E-state index contributed by atoms with van der Waals surface area (Å²) in [6, 6.07) is 7.26. The molecule has 94 valence electrons. The third-order valence-corrected chi connectivity index (χ3v) is 2.85. The number of nitrogens with zero attached hydrogens (tertiary/aromatic N) is 3. The lowest BCUT2D eigenvalue weighted by molar-refractivity contribution is -0.136. The highest BCUT2D eigenvalue weighted by molar-refractivity contribution is 6.30. The number of aryl methyl sites for hydroxylation is 1. The summed E-state index contributed by atoms with van der Waals surface area (Å²) in [5, 5.41) is 17.3. The van der Waals surface area contributed by atoms with Crippen molar-refractivity contribution in [3.8, 4) is 5.69 Å². The van der Waals surface area contributed by atoms with E-state index >= 15 is 0 Å². The minimum atomic E-state index is -0.841. The minimum absolute atomic E-state index is 0.0507. The Balaban J connectivity index is 2.28. The minimum Gasteiger partial charge on any atom is -0.481 e. The Labute approximate surface area is 109 Å². The van der Waals surface area contributed by atoms with Gasteiger partial charge in [0.1, 0.15) is 0 Å². The SMILES string of the molecule is Cc1c(CCC(=O)O)nnn1-c1cccc(Cl)c1. The van der Waals surface area contributed by atoms with E-state index in [-0.39, 0.29) is 6.42 Å². The van der Waals surface area contributed by atoms with Crippen LogP contribution >= 0.6 is 11.6 Å². The first-order valence-electron chi connectivity index (χ1n) is 5.47. The molecule has 1 heterocycles. The average molecular weight is 266 g/mol. The van der Waals surface area contributed by atoms with Crippen LogP contribution in [0.1, 0.15) is 17.8 Å². The quantitative estimate of drug-likeness (QED) is 0.921. The standard InChI is InChI=1S/C12H12ClN3O2/c1-8-11(5-6-12(17)18)14-15-16(8)10-4-2-3-9(13)7-10/h2-4,7H,5-6H2,1H3,(H,17,18). The summed E-state index contributed by atoms with van der Waals surface area (Å²) in [6.07, 6.45) is 0.427. The lowest BCUT2D eigenvalue weighted by Crippen LogP contribution is -2.01. The number of carboxylic acids is 1. The second kappa shape index (κ2) is 5.18. The van der Waals surface area contributed by atoms with Crippen molar-refractivity contribution in [2.75, 3.05) is 0 Å². The van der Waals surface area contributed by atoms with Gasteiger partial charge >= 0.3 is 5.97 Å². The zero-order valence-electron chi connectivity index (χ0n) is 9.80. The zero-order valence-corrected chi connectivity index (χ0v) is 10.6. The summed E-state index contributed by atoms with van der Waals surface area (Å²) in [5.41, 5.74) is 2.34. The Kier molecular flexibility index (Phi) is 3.62. The molecule has 0 aliphatic carbocycles. The number of aromatic nitrogens is 3.